The zero-order valence-electron chi connectivity index (χ0n) is 9.58. The lowest BCUT2D eigenvalue weighted by molar-refractivity contribution is 0.102. The Hall–Kier alpha value is -1.75. The summed E-state index contributed by atoms with van der Waals surface area (Å²) in [5.41, 5.74) is 1.57. The van der Waals surface area contributed by atoms with Crippen molar-refractivity contribution in [3.8, 4) is 0 Å². The molecular weight excluding hydrogens is 299 g/mol. The van der Waals surface area contributed by atoms with Crippen LogP contribution < -0.4 is 5.32 Å². The maximum Gasteiger partial charge on any atom is 0.255 e. The van der Waals surface area contributed by atoms with Gasteiger partial charge >= 0.3 is 0 Å². The first-order valence-corrected chi connectivity index (χ1v) is 6.05. The van der Waals surface area contributed by atoms with Crippen LogP contribution in [0.5, 0.6) is 0 Å². The molecule has 0 atom stereocenters. The second kappa shape index (κ2) is 5.27. The van der Waals surface area contributed by atoms with Crippen LogP contribution in [0, 0.1) is 12.7 Å². The van der Waals surface area contributed by atoms with E-state index in [1.807, 2.05) is 0 Å². The Morgan fingerprint density at radius 2 is 2.11 bits per heavy atom. The monoisotopic (exact) mass is 308 g/mol. The summed E-state index contributed by atoms with van der Waals surface area (Å²) in [4.78, 5) is 16.1. The Morgan fingerprint density at radius 3 is 2.78 bits per heavy atom. The third-order valence-corrected chi connectivity index (χ3v) is 2.83. The van der Waals surface area contributed by atoms with Crippen molar-refractivity contribution in [1.29, 1.82) is 0 Å². The minimum atomic E-state index is -0.437. The first kappa shape index (κ1) is 12.7. The average Bonchev–Trinajstić information content (AvgIpc) is 2.32. The molecular formula is C13H10BrFN2O. The number of pyridine rings is 1. The summed E-state index contributed by atoms with van der Waals surface area (Å²) >= 11 is 3.24. The summed E-state index contributed by atoms with van der Waals surface area (Å²) in [5, 5.41) is 2.69. The van der Waals surface area contributed by atoms with Crippen molar-refractivity contribution in [2.75, 3.05) is 5.32 Å². The average molecular weight is 309 g/mol. The number of hydrogen-bond acceptors (Lipinski definition) is 2. The summed E-state index contributed by atoms with van der Waals surface area (Å²) in [6.45, 7) is 1.78. The number of carbonyl (C=O) groups excluding carboxylic acids is 1. The van der Waals surface area contributed by atoms with Gasteiger partial charge in [0.05, 0.1) is 11.4 Å². The van der Waals surface area contributed by atoms with E-state index in [4.69, 9.17) is 0 Å². The molecule has 1 heterocycles. The highest BCUT2D eigenvalue weighted by Crippen LogP contribution is 2.17. The second-order valence-corrected chi connectivity index (χ2v) is 4.54. The highest BCUT2D eigenvalue weighted by Gasteiger charge is 2.09. The minimum Gasteiger partial charge on any atom is -0.320 e. The highest BCUT2D eigenvalue weighted by atomic mass is 79.9. The molecule has 2 rings (SSSR count). The molecule has 0 aliphatic carbocycles. The molecule has 1 aromatic carbocycles. The lowest BCUT2D eigenvalue weighted by Gasteiger charge is -2.08. The third-order valence-electron chi connectivity index (χ3n) is 2.39. The molecule has 0 spiro atoms. The van der Waals surface area contributed by atoms with Gasteiger partial charge < -0.3 is 5.32 Å². The van der Waals surface area contributed by atoms with E-state index >= 15 is 0 Å². The number of rotatable bonds is 2. The lowest BCUT2D eigenvalue weighted by Crippen LogP contribution is -2.13. The predicted octanol–water partition coefficient (Wildman–Crippen LogP) is 3.54. The number of aromatic nitrogens is 1. The third kappa shape index (κ3) is 2.92. The van der Waals surface area contributed by atoms with Crippen LogP contribution in [0.2, 0.25) is 0 Å². The summed E-state index contributed by atoms with van der Waals surface area (Å²) in [6.07, 6.45) is 0. The quantitative estimate of drug-likeness (QED) is 0.862. The van der Waals surface area contributed by atoms with E-state index in [0.29, 0.717) is 16.0 Å². The maximum absolute atomic E-state index is 13.0. The van der Waals surface area contributed by atoms with Gasteiger partial charge in [-0.15, -0.1) is 0 Å². The van der Waals surface area contributed by atoms with E-state index in [9.17, 15) is 9.18 Å². The van der Waals surface area contributed by atoms with Crippen LogP contribution in [0.4, 0.5) is 10.1 Å². The van der Waals surface area contributed by atoms with E-state index in [1.54, 1.807) is 25.1 Å². The van der Waals surface area contributed by atoms with Gasteiger partial charge in [0.15, 0.2) is 0 Å². The fourth-order valence-electron chi connectivity index (χ4n) is 1.49. The number of aryl methyl sites for hydroxylation is 1. The van der Waals surface area contributed by atoms with Crippen LogP contribution in [0.25, 0.3) is 0 Å². The fourth-order valence-corrected chi connectivity index (χ4v) is 1.88. The summed E-state index contributed by atoms with van der Waals surface area (Å²) < 4.78 is 13.7. The number of benzene rings is 1. The standard InChI is InChI=1S/C13H10BrFN2O/c1-8-11(5-6-12(14)16-8)17-13(18)9-3-2-4-10(15)7-9/h2-7H,1H3,(H,17,18). The van der Waals surface area contributed by atoms with Gasteiger partial charge in [0.2, 0.25) is 0 Å². The molecule has 2 aromatic rings. The van der Waals surface area contributed by atoms with E-state index < -0.39 is 5.82 Å². The van der Waals surface area contributed by atoms with Gasteiger partial charge in [-0.25, -0.2) is 9.37 Å². The predicted molar refractivity (Wildman–Crippen MR) is 71.0 cm³/mol. The Kier molecular flexibility index (Phi) is 3.72. The number of amides is 1. The van der Waals surface area contributed by atoms with Crippen molar-refractivity contribution < 1.29 is 9.18 Å². The lowest BCUT2D eigenvalue weighted by atomic mass is 10.2. The second-order valence-electron chi connectivity index (χ2n) is 3.73. The van der Waals surface area contributed by atoms with Crippen molar-refractivity contribution in [3.05, 3.63) is 58.1 Å². The van der Waals surface area contributed by atoms with Crippen LogP contribution in [0.3, 0.4) is 0 Å². The fraction of sp³-hybridized carbons (Fsp3) is 0.0769. The van der Waals surface area contributed by atoms with Crippen LogP contribution in [0.1, 0.15) is 16.1 Å². The van der Waals surface area contributed by atoms with Gasteiger partial charge in [0.25, 0.3) is 5.91 Å². The van der Waals surface area contributed by atoms with Crippen molar-refractivity contribution in [2.24, 2.45) is 0 Å². The number of nitrogens with one attached hydrogen (secondary N) is 1. The Balaban J connectivity index is 2.21. The Bertz CT molecular complexity index is 601. The number of anilines is 1. The largest absolute Gasteiger partial charge is 0.320 e. The molecule has 0 saturated heterocycles. The first-order valence-electron chi connectivity index (χ1n) is 5.26. The molecule has 0 fully saturated rings. The number of carbonyl (C=O) groups is 1. The van der Waals surface area contributed by atoms with Crippen LogP contribution in [-0.4, -0.2) is 10.9 Å². The van der Waals surface area contributed by atoms with Gasteiger partial charge in [-0.1, -0.05) is 6.07 Å². The highest BCUT2D eigenvalue weighted by molar-refractivity contribution is 9.10. The molecule has 92 valence electrons. The normalized spacial score (nSPS) is 10.2. The summed E-state index contributed by atoms with van der Waals surface area (Å²) in [5.74, 6) is -0.796. The first-order chi connectivity index (χ1) is 8.56. The molecule has 1 N–H and O–H groups in total. The molecule has 0 aliphatic rings. The van der Waals surface area contributed by atoms with Crippen molar-refractivity contribution >= 4 is 27.5 Å². The number of hydrogen-bond donors (Lipinski definition) is 1. The molecule has 3 nitrogen and oxygen atoms in total. The Labute approximate surface area is 112 Å². The molecule has 18 heavy (non-hydrogen) atoms. The van der Waals surface area contributed by atoms with E-state index in [0.717, 1.165) is 0 Å². The summed E-state index contributed by atoms with van der Waals surface area (Å²) in [6, 6.07) is 9.01. The zero-order valence-corrected chi connectivity index (χ0v) is 11.2. The van der Waals surface area contributed by atoms with Gasteiger partial charge in [-0.2, -0.15) is 0 Å². The van der Waals surface area contributed by atoms with E-state index in [1.165, 1.54) is 18.2 Å². The topological polar surface area (TPSA) is 42.0 Å². The van der Waals surface area contributed by atoms with Crippen LogP contribution >= 0.6 is 15.9 Å². The molecule has 0 unspecified atom stereocenters. The molecule has 0 saturated carbocycles. The van der Waals surface area contributed by atoms with Gasteiger partial charge in [0, 0.05) is 5.56 Å². The number of nitrogens with zero attached hydrogens (tertiary/aromatic N) is 1. The molecule has 1 amide bonds. The Morgan fingerprint density at radius 1 is 1.33 bits per heavy atom. The van der Waals surface area contributed by atoms with Crippen molar-refractivity contribution in [3.63, 3.8) is 0 Å². The van der Waals surface area contributed by atoms with Crippen LogP contribution in [0.15, 0.2) is 41.0 Å². The van der Waals surface area contributed by atoms with Crippen molar-refractivity contribution in [1.82, 2.24) is 4.98 Å². The molecule has 1 aromatic heterocycles. The van der Waals surface area contributed by atoms with Crippen LogP contribution in [-0.2, 0) is 0 Å². The zero-order chi connectivity index (χ0) is 13.1. The van der Waals surface area contributed by atoms with E-state index in [2.05, 4.69) is 26.2 Å². The van der Waals surface area contributed by atoms with Gasteiger partial charge in [-0.3, -0.25) is 4.79 Å². The molecule has 0 aliphatic heterocycles. The SMILES string of the molecule is Cc1nc(Br)ccc1NC(=O)c1cccc(F)c1. The molecule has 0 radical (unpaired) electrons. The minimum absolute atomic E-state index is 0.275. The van der Waals surface area contributed by atoms with Gasteiger partial charge in [0.1, 0.15) is 10.4 Å². The smallest absolute Gasteiger partial charge is 0.255 e. The van der Waals surface area contributed by atoms with E-state index in [-0.39, 0.29) is 11.5 Å². The molecule has 0 bridgehead atoms. The van der Waals surface area contributed by atoms with Crippen molar-refractivity contribution in [2.45, 2.75) is 6.92 Å². The van der Waals surface area contributed by atoms with Gasteiger partial charge in [-0.05, 0) is 53.2 Å². The summed E-state index contributed by atoms with van der Waals surface area (Å²) in [7, 11) is 0. The number of halogens is 2. The molecule has 5 heteroatoms. The maximum atomic E-state index is 13.0.